The molecule has 2 amide bonds. The average Bonchev–Trinajstić information content (AvgIpc) is 2.51. The number of carbonyl (C=O) groups is 2. The van der Waals surface area contributed by atoms with Crippen molar-refractivity contribution < 1.29 is 9.59 Å². The van der Waals surface area contributed by atoms with Crippen LogP contribution in [0.4, 0.5) is 5.69 Å². The number of benzene rings is 1. The van der Waals surface area contributed by atoms with Crippen LogP contribution in [0, 0.1) is 0 Å². The molecule has 1 N–H and O–H groups in total. The number of nitrogens with one attached hydrogen (secondary N) is 1. The molecule has 2 rings (SSSR count). The summed E-state index contributed by atoms with van der Waals surface area (Å²) in [5.74, 6) is -0.394. The molecule has 0 unspecified atom stereocenters. The van der Waals surface area contributed by atoms with Crippen molar-refractivity contribution in [1.82, 2.24) is 4.90 Å². The van der Waals surface area contributed by atoms with Crippen LogP contribution in [0.25, 0.3) is 0 Å². The number of imide groups is 1. The molecule has 1 aromatic carbocycles. The van der Waals surface area contributed by atoms with Gasteiger partial charge < -0.3 is 5.32 Å². The molecule has 0 fully saturated rings. The smallest absolute Gasteiger partial charge is 0.261 e. The van der Waals surface area contributed by atoms with Gasteiger partial charge in [0.05, 0.1) is 11.1 Å². The molecule has 0 saturated heterocycles. The van der Waals surface area contributed by atoms with Crippen molar-refractivity contribution in [3.63, 3.8) is 0 Å². The second kappa shape index (κ2) is 3.38. The molecular formula is C11H12N2O2. The predicted octanol–water partition coefficient (Wildman–Crippen LogP) is 1.34. The number of hydrogen-bond acceptors (Lipinski definition) is 3. The van der Waals surface area contributed by atoms with Gasteiger partial charge in [-0.1, -0.05) is 0 Å². The summed E-state index contributed by atoms with van der Waals surface area (Å²) in [4.78, 5) is 24.8. The normalized spacial score (nSPS) is 14.4. The first-order chi connectivity index (χ1) is 7.19. The van der Waals surface area contributed by atoms with E-state index in [1.807, 2.05) is 0 Å². The van der Waals surface area contributed by atoms with Crippen LogP contribution in [-0.2, 0) is 0 Å². The average molecular weight is 204 g/mol. The van der Waals surface area contributed by atoms with Crippen molar-refractivity contribution >= 4 is 17.5 Å². The second-order valence-electron chi connectivity index (χ2n) is 3.36. The summed E-state index contributed by atoms with van der Waals surface area (Å²) in [5, 5.41) is 2.94. The Morgan fingerprint density at radius 3 is 2.47 bits per heavy atom. The largest absolute Gasteiger partial charge is 0.388 e. The second-order valence-corrected chi connectivity index (χ2v) is 3.36. The third kappa shape index (κ3) is 1.29. The maximum absolute atomic E-state index is 11.8. The van der Waals surface area contributed by atoms with Gasteiger partial charge in [-0.25, -0.2) is 0 Å². The molecule has 1 aliphatic heterocycles. The topological polar surface area (TPSA) is 49.4 Å². The highest BCUT2D eigenvalue weighted by Gasteiger charge is 2.34. The van der Waals surface area contributed by atoms with E-state index in [0.29, 0.717) is 17.7 Å². The molecule has 0 bridgehead atoms. The molecule has 78 valence electrons. The zero-order chi connectivity index (χ0) is 11.0. The Bertz CT molecular complexity index is 440. The Morgan fingerprint density at radius 2 is 1.87 bits per heavy atom. The van der Waals surface area contributed by atoms with Crippen molar-refractivity contribution in [1.29, 1.82) is 0 Å². The molecule has 4 heteroatoms. The minimum absolute atomic E-state index is 0.194. The van der Waals surface area contributed by atoms with Gasteiger partial charge in [-0.15, -0.1) is 0 Å². The first-order valence-corrected chi connectivity index (χ1v) is 4.87. The molecule has 0 aliphatic carbocycles. The molecule has 0 saturated carbocycles. The quantitative estimate of drug-likeness (QED) is 0.740. The van der Waals surface area contributed by atoms with Gasteiger partial charge in [0.1, 0.15) is 0 Å². The fourth-order valence-electron chi connectivity index (χ4n) is 1.73. The lowest BCUT2D eigenvalue weighted by Crippen LogP contribution is -2.29. The standard InChI is InChI=1S/C11H12N2O2/c1-3-13-10(14)8-5-4-7(12-2)6-9(8)11(13)15/h4-6,12H,3H2,1-2H3. The van der Waals surface area contributed by atoms with Crippen LogP contribution < -0.4 is 5.32 Å². The van der Waals surface area contributed by atoms with Crippen LogP contribution >= 0.6 is 0 Å². The summed E-state index contributed by atoms with van der Waals surface area (Å²) >= 11 is 0. The summed E-state index contributed by atoms with van der Waals surface area (Å²) in [6.07, 6.45) is 0. The Kier molecular flexibility index (Phi) is 2.19. The molecule has 15 heavy (non-hydrogen) atoms. The molecule has 1 aliphatic rings. The highest BCUT2D eigenvalue weighted by molar-refractivity contribution is 6.21. The number of nitrogens with zero attached hydrogens (tertiary/aromatic N) is 1. The van der Waals surface area contributed by atoms with Crippen molar-refractivity contribution in [2.24, 2.45) is 0 Å². The van der Waals surface area contributed by atoms with Gasteiger partial charge in [0.25, 0.3) is 11.8 Å². The number of hydrogen-bond donors (Lipinski definition) is 1. The van der Waals surface area contributed by atoms with E-state index >= 15 is 0 Å². The van der Waals surface area contributed by atoms with Gasteiger partial charge in [-0.3, -0.25) is 14.5 Å². The number of carbonyl (C=O) groups excluding carboxylic acids is 2. The van der Waals surface area contributed by atoms with E-state index in [-0.39, 0.29) is 11.8 Å². The van der Waals surface area contributed by atoms with E-state index in [4.69, 9.17) is 0 Å². The van der Waals surface area contributed by atoms with Crippen LogP contribution in [-0.4, -0.2) is 30.3 Å². The minimum Gasteiger partial charge on any atom is -0.388 e. The Balaban J connectivity index is 2.53. The van der Waals surface area contributed by atoms with Gasteiger partial charge in [-0.05, 0) is 25.1 Å². The SMILES string of the molecule is CCN1C(=O)c2ccc(NC)cc2C1=O. The fraction of sp³-hybridized carbons (Fsp3) is 0.273. The first-order valence-electron chi connectivity index (χ1n) is 4.87. The van der Waals surface area contributed by atoms with E-state index in [0.717, 1.165) is 5.69 Å². The summed E-state index contributed by atoms with van der Waals surface area (Å²) in [6.45, 7) is 2.21. The molecule has 0 spiro atoms. The lowest BCUT2D eigenvalue weighted by Gasteiger charge is -2.08. The van der Waals surface area contributed by atoms with Gasteiger partial charge in [0, 0.05) is 19.3 Å². The van der Waals surface area contributed by atoms with Gasteiger partial charge in [-0.2, -0.15) is 0 Å². The Hall–Kier alpha value is -1.84. The van der Waals surface area contributed by atoms with Crippen molar-refractivity contribution in [2.75, 3.05) is 18.9 Å². The number of fused-ring (bicyclic) bond motifs is 1. The van der Waals surface area contributed by atoms with Crippen molar-refractivity contribution in [3.05, 3.63) is 29.3 Å². The van der Waals surface area contributed by atoms with Crippen LogP contribution in [0.5, 0.6) is 0 Å². The number of anilines is 1. The summed E-state index contributed by atoms with van der Waals surface area (Å²) < 4.78 is 0. The van der Waals surface area contributed by atoms with Crippen LogP contribution in [0.15, 0.2) is 18.2 Å². The number of amides is 2. The molecule has 4 nitrogen and oxygen atoms in total. The maximum atomic E-state index is 11.8. The number of rotatable bonds is 2. The summed E-state index contributed by atoms with van der Waals surface area (Å²) in [5.41, 5.74) is 1.84. The lowest BCUT2D eigenvalue weighted by atomic mass is 10.1. The summed E-state index contributed by atoms with van der Waals surface area (Å²) in [6, 6.07) is 5.20. The third-order valence-corrected chi connectivity index (χ3v) is 2.58. The fourth-order valence-corrected chi connectivity index (χ4v) is 1.73. The Labute approximate surface area is 87.9 Å². The van der Waals surface area contributed by atoms with Crippen LogP contribution in [0.1, 0.15) is 27.6 Å². The van der Waals surface area contributed by atoms with Crippen LogP contribution in [0.3, 0.4) is 0 Å². The van der Waals surface area contributed by atoms with Gasteiger partial charge in [0.15, 0.2) is 0 Å². The third-order valence-electron chi connectivity index (χ3n) is 2.58. The molecule has 0 aromatic heterocycles. The molecule has 0 radical (unpaired) electrons. The van der Waals surface area contributed by atoms with E-state index in [9.17, 15) is 9.59 Å². The lowest BCUT2D eigenvalue weighted by molar-refractivity contribution is 0.0663. The Morgan fingerprint density at radius 1 is 1.20 bits per heavy atom. The predicted molar refractivity (Wildman–Crippen MR) is 57.0 cm³/mol. The van der Waals surface area contributed by atoms with Gasteiger partial charge in [0.2, 0.25) is 0 Å². The van der Waals surface area contributed by atoms with E-state index in [1.54, 1.807) is 32.2 Å². The molecular weight excluding hydrogens is 192 g/mol. The van der Waals surface area contributed by atoms with Crippen molar-refractivity contribution in [2.45, 2.75) is 6.92 Å². The van der Waals surface area contributed by atoms with Crippen molar-refractivity contribution in [3.8, 4) is 0 Å². The highest BCUT2D eigenvalue weighted by Crippen LogP contribution is 2.25. The van der Waals surface area contributed by atoms with E-state index in [2.05, 4.69) is 5.32 Å². The zero-order valence-electron chi connectivity index (χ0n) is 8.70. The first kappa shape index (κ1) is 9.71. The molecule has 1 aromatic rings. The van der Waals surface area contributed by atoms with E-state index in [1.165, 1.54) is 4.90 Å². The molecule has 1 heterocycles. The van der Waals surface area contributed by atoms with E-state index < -0.39 is 0 Å². The van der Waals surface area contributed by atoms with Gasteiger partial charge >= 0.3 is 0 Å². The monoisotopic (exact) mass is 204 g/mol. The molecule has 0 atom stereocenters. The zero-order valence-corrected chi connectivity index (χ0v) is 8.70. The maximum Gasteiger partial charge on any atom is 0.261 e. The minimum atomic E-state index is -0.199. The summed E-state index contributed by atoms with van der Waals surface area (Å²) in [7, 11) is 1.78. The van der Waals surface area contributed by atoms with Crippen LogP contribution in [0.2, 0.25) is 0 Å². The highest BCUT2D eigenvalue weighted by atomic mass is 16.2.